The molecule has 11 heavy (non-hydrogen) atoms. The summed E-state index contributed by atoms with van der Waals surface area (Å²) in [6.07, 6.45) is -1.07. The standard InChI is InChI=1S/C8H17NO2/c1-6(2)3-9-4-7(10)8(11)5-9/h6-8,10-11H,3-5H2,1-2H3. The first-order valence-corrected chi connectivity index (χ1v) is 4.18. The van der Waals surface area contributed by atoms with Crippen LogP contribution in [0.3, 0.4) is 0 Å². The quantitative estimate of drug-likeness (QED) is 0.580. The Hall–Kier alpha value is -0.120. The topological polar surface area (TPSA) is 43.7 Å². The van der Waals surface area contributed by atoms with Crippen LogP contribution in [0, 0.1) is 5.92 Å². The van der Waals surface area contributed by atoms with Crippen LogP contribution in [-0.2, 0) is 0 Å². The van der Waals surface area contributed by atoms with Gasteiger partial charge in [-0.2, -0.15) is 0 Å². The highest BCUT2D eigenvalue weighted by Crippen LogP contribution is 2.11. The van der Waals surface area contributed by atoms with Crippen LogP contribution in [0.25, 0.3) is 0 Å². The first-order chi connectivity index (χ1) is 5.09. The van der Waals surface area contributed by atoms with Gasteiger partial charge >= 0.3 is 0 Å². The summed E-state index contributed by atoms with van der Waals surface area (Å²) in [5, 5.41) is 18.4. The number of β-amino-alcohol motifs (C(OH)–C–C–N with tert-alkyl or cyclic N) is 2. The molecule has 2 atom stereocenters. The van der Waals surface area contributed by atoms with Crippen molar-refractivity contribution in [3.05, 3.63) is 0 Å². The Labute approximate surface area is 67.6 Å². The van der Waals surface area contributed by atoms with E-state index < -0.39 is 12.2 Å². The third kappa shape index (κ3) is 2.43. The van der Waals surface area contributed by atoms with Gasteiger partial charge in [0.25, 0.3) is 0 Å². The van der Waals surface area contributed by atoms with Crippen molar-refractivity contribution in [2.75, 3.05) is 19.6 Å². The van der Waals surface area contributed by atoms with Crippen molar-refractivity contribution in [3.8, 4) is 0 Å². The largest absolute Gasteiger partial charge is 0.389 e. The number of hydrogen-bond acceptors (Lipinski definition) is 3. The van der Waals surface area contributed by atoms with E-state index in [2.05, 4.69) is 18.7 Å². The lowest BCUT2D eigenvalue weighted by Gasteiger charge is -2.16. The average Bonchev–Trinajstić information content (AvgIpc) is 2.10. The molecule has 0 bridgehead atoms. The molecule has 0 aliphatic carbocycles. The molecule has 1 heterocycles. The van der Waals surface area contributed by atoms with Gasteiger partial charge in [0, 0.05) is 19.6 Å². The van der Waals surface area contributed by atoms with Crippen LogP contribution < -0.4 is 0 Å². The summed E-state index contributed by atoms with van der Waals surface area (Å²) in [5.41, 5.74) is 0. The number of aliphatic hydroxyl groups is 2. The van der Waals surface area contributed by atoms with E-state index in [0.29, 0.717) is 19.0 Å². The van der Waals surface area contributed by atoms with Crippen molar-refractivity contribution in [3.63, 3.8) is 0 Å². The van der Waals surface area contributed by atoms with Gasteiger partial charge in [-0.3, -0.25) is 4.90 Å². The summed E-state index contributed by atoms with van der Waals surface area (Å²) in [7, 11) is 0. The first-order valence-electron chi connectivity index (χ1n) is 4.18. The number of nitrogens with zero attached hydrogens (tertiary/aromatic N) is 1. The van der Waals surface area contributed by atoms with E-state index >= 15 is 0 Å². The summed E-state index contributed by atoms with van der Waals surface area (Å²) in [6.45, 7) is 6.49. The zero-order valence-corrected chi connectivity index (χ0v) is 7.20. The minimum absolute atomic E-state index is 0.534. The Balaban J connectivity index is 2.29. The predicted octanol–water partition coefficient (Wildman–Crippen LogP) is -0.320. The van der Waals surface area contributed by atoms with Gasteiger partial charge in [-0.1, -0.05) is 13.8 Å². The molecule has 0 amide bonds. The molecule has 3 nitrogen and oxygen atoms in total. The molecule has 1 aliphatic heterocycles. The average molecular weight is 159 g/mol. The fraction of sp³-hybridized carbons (Fsp3) is 1.00. The van der Waals surface area contributed by atoms with Crippen molar-refractivity contribution in [1.29, 1.82) is 0 Å². The molecule has 66 valence electrons. The maximum atomic E-state index is 9.19. The highest BCUT2D eigenvalue weighted by molar-refractivity contribution is 4.83. The van der Waals surface area contributed by atoms with Crippen molar-refractivity contribution in [2.24, 2.45) is 5.92 Å². The second-order valence-corrected chi connectivity index (χ2v) is 3.75. The molecule has 2 N–H and O–H groups in total. The van der Waals surface area contributed by atoms with Crippen molar-refractivity contribution < 1.29 is 10.2 Å². The molecule has 0 aromatic heterocycles. The molecule has 0 radical (unpaired) electrons. The predicted molar refractivity (Wildman–Crippen MR) is 43.3 cm³/mol. The van der Waals surface area contributed by atoms with Gasteiger partial charge in [0.1, 0.15) is 0 Å². The Morgan fingerprint density at radius 3 is 2.09 bits per heavy atom. The molecule has 0 spiro atoms. The second kappa shape index (κ2) is 3.52. The summed E-state index contributed by atoms with van der Waals surface area (Å²) >= 11 is 0. The molecule has 0 aromatic carbocycles. The highest BCUT2D eigenvalue weighted by Gasteiger charge is 2.29. The Morgan fingerprint density at radius 1 is 1.27 bits per heavy atom. The smallest absolute Gasteiger partial charge is 0.0938 e. The summed E-state index contributed by atoms with van der Waals surface area (Å²) in [5.74, 6) is 0.604. The maximum absolute atomic E-state index is 9.19. The molecule has 1 saturated heterocycles. The van der Waals surface area contributed by atoms with Gasteiger partial charge in [0.05, 0.1) is 12.2 Å². The van der Waals surface area contributed by atoms with Crippen LogP contribution in [-0.4, -0.2) is 47.0 Å². The lowest BCUT2D eigenvalue weighted by Crippen LogP contribution is -2.26. The molecular formula is C8H17NO2. The van der Waals surface area contributed by atoms with Crippen molar-refractivity contribution >= 4 is 0 Å². The molecule has 1 aliphatic rings. The fourth-order valence-corrected chi connectivity index (χ4v) is 1.51. The Kier molecular flexibility index (Phi) is 2.87. The third-order valence-corrected chi connectivity index (χ3v) is 1.96. The zero-order chi connectivity index (χ0) is 8.43. The lowest BCUT2D eigenvalue weighted by atomic mass is 10.2. The molecular weight excluding hydrogens is 142 g/mol. The molecule has 1 fully saturated rings. The molecule has 0 aromatic rings. The van der Waals surface area contributed by atoms with Gasteiger partial charge in [-0.05, 0) is 5.92 Å². The van der Waals surface area contributed by atoms with Gasteiger partial charge in [-0.25, -0.2) is 0 Å². The van der Waals surface area contributed by atoms with E-state index in [4.69, 9.17) is 0 Å². The van der Waals surface area contributed by atoms with E-state index in [0.717, 1.165) is 6.54 Å². The number of likely N-dealkylation sites (tertiary alicyclic amines) is 1. The van der Waals surface area contributed by atoms with Crippen LogP contribution in [0.5, 0.6) is 0 Å². The van der Waals surface area contributed by atoms with E-state index in [1.807, 2.05) is 0 Å². The van der Waals surface area contributed by atoms with Crippen LogP contribution >= 0.6 is 0 Å². The summed E-state index contributed by atoms with van der Waals surface area (Å²) in [6, 6.07) is 0. The number of hydrogen-bond donors (Lipinski definition) is 2. The minimum atomic E-state index is -0.534. The second-order valence-electron chi connectivity index (χ2n) is 3.75. The molecule has 2 unspecified atom stereocenters. The van der Waals surface area contributed by atoms with Crippen LogP contribution in [0.2, 0.25) is 0 Å². The molecule has 1 rings (SSSR count). The maximum Gasteiger partial charge on any atom is 0.0938 e. The fourth-order valence-electron chi connectivity index (χ4n) is 1.51. The van der Waals surface area contributed by atoms with E-state index in [1.54, 1.807) is 0 Å². The van der Waals surface area contributed by atoms with E-state index in [9.17, 15) is 10.2 Å². The highest BCUT2D eigenvalue weighted by atomic mass is 16.3. The minimum Gasteiger partial charge on any atom is -0.389 e. The van der Waals surface area contributed by atoms with E-state index in [1.165, 1.54) is 0 Å². The monoisotopic (exact) mass is 159 g/mol. The van der Waals surface area contributed by atoms with Crippen molar-refractivity contribution in [2.45, 2.75) is 26.1 Å². The van der Waals surface area contributed by atoms with Gasteiger partial charge in [0.2, 0.25) is 0 Å². The van der Waals surface area contributed by atoms with Crippen LogP contribution in [0.4, 0.5) is 0 Å². The molecule has 3 heteroatoms. The van der Waals surface area contributed by atoms with Gasteiger partial charge in [0.15, 0.2) is 0 Å². The third-order valence-electron chi connectivity index (χ3n) is 1.96. The van der Waals surface area contributed by atoms with Crippen LogP contribution in [0.15, 0.2) is 0 Å². The van der Waals surface area contributed by atoms with Crippen molar-refractivity contribution in [1.82, 2.24) is 4.90 Å². The summed E-state index contributed by atoms with van der Waals surface area (Å²) < 4.78 is 0. The summed E-state index contributed by atoms with van der Waals surface area (Å²) in [4.78, 5) is 2.10. The normalized spacial score (nSPS) is 33.5. The SMILES string of the molecule is CC(C)CN1CC(O)C(O)C1. The molecule has 0 saturated carbocycles. The van der Waals surface area contributed by atoms with E-state index in [-0.39, 0.29) is 0 Å². The van der Waals surface area contributed by atoms with Gasteiger partial charge in [-0.15, -0.1) is 0 Å². The number of aliphatic hydroxyl groups excluding tert-OH is 2. The van der Waals surface area contributed by atoms with Gasteiger partial charge < -0.3 is 10.2 Å². The lowest BCUT2D eigenvalue weighted by molar-refractivity contribution is 0.0572. The Bertz CT molecular complexity index is 115. The zero-order valence-electron chi connectivity index (χ0n) is 7.20. The van der Waals surface area contributed by atoms with Crippen LogP contribution in [0.1, 0.15) is 13.8 Å². The number of rotatable bonds is 2. The first kappa shape index (κ1) is 8.97. The Morgan fingerprint density at radius 2 is 1.73 bits per heavy atom.